The van der Waals surface area contributed by atoms with Crippen LogP contribution in [0, 0.1) is 0 Å². The van der Waals surface area contributed by atoms with Crippen LogP contribution in [0.2, 0.25) is 0 Å². The van der Waals surface area contributed by atoms with E-state index in [9.17, 15) is 0 Å². The van der Waals surface area contributed by atoms with Gasteiger partial charge in [0.15, 0.2) is 17.5 Å². The molecule has 10 aromatic rings. The lowest BCUT2D eigenvalue weighted by molar-refractivity contribution is 0.436. The fourth-order valence-corrected chi connectivity index (χ4v) is 9.22. The molecule has 280 valence electrons. The molecule has 3 heterocycles. The molecule has 0 amide bonds. The molecule has 0 atom stereocenters. The topological polar surface area (TPSA) is 73.7 Å². The minimum absolute atomic E-state index is 0.614. The molecule has 60 heavy (non-hydrogen) atoms. The summed E-state index contributed by atoms with van der Waals surface area (Å²) in [7, 11) is 0. The minimum Gasteiger partial charge on any atom is -0.457 e. The first-order valence-corrected chi connectivity index (χ1v) is 20.1. The van der Waals surface area contributed by atoms with Crippen molar-refractivity contribution in [3.05, 3.63) is 223 Å². The SMILES string of the molecule is c1ccc(-c2nc(-c3ccccc3)nc(-c3ccc4c(c3)C3(c5ccccc5Oc5ccccc53)c3cc(-c5ccc(-c6cccc7nccnc67)cc5)ccc3-4)n2)cc1. The quantitative estimate of drug-likeness (QED) is 0.174. The van der Waals surface area contributed by atoms with Crippen LogP contribution in [0.1, 0.15) is 22.3 Å². The molecule has 1 aliphatic heterocycles. The molecule has 0 bridgehead atoms. The van der Waals surface area contributed by atoms with E-state index in [1.807, 2.05) is 84.9 Å². The number of nitrogens with zero attached hydrogens (tertiary/aromatic N) is 5. The summed E-state index contributed by atoms with van der Waals surface area (Å²) in [6.45, 7) is 0. The second-order valence-corrected chi connectivity index (χ2v) is 15.2. The summed E-state index contributed by atoms with van der Waals surface area (Å²) in [6.07, 6.45) is 3.49. The van der Waals surface area contributed by atoms with Crippen molar-refractivity contribution in [3.63, 3.8) is 0 Å². The zero-order chi connectivity index (χ0) is 39.6. The number of benzene rings is 8. The molecule has 0 fully saturated rings. The smallest absolute Gasteiger partial charge is 0.164 e. The highest BCUT2D eigenvalue weighted by Crippen LogP contribution is 2.62. The van der Waals surface area contributed by atoms with Gasteiger partial charge in [-0.2, -0.15) is 0 Å². The van der Waals surface area contributed by atoms with Crippen molar-refractivity contribution in [2.24, 2.45) is 0 Å². The third-order valence-corrected chi connectivity index (χ3v) is 11.9. The Balaban J connectivity index is 1.06. The highest BCUT2D eigenvalue weighted by Gasteiger charge is 2.51. The molecular formula is C54H33N5O. The van der Waals surface area contributed by atoms with Gasteiger partial charge in [-0.05, 0) is 69.3 Å². The molecule has 0 radical (unpaired) electrons. The Hall–Kier alpha value is -8.09. The van der Waals surface area contributed by atoms with Crippen molar-refractivity contribution in [1.82, 2.24) is 24.9 Å². The number of fused-ring (bicyclic) bond motifs is 10. The Kier molecular flexibility index (Phi) is 7.65. The van der Waals surface area contributed by atoms with Crippen molar-refractivity contribution in [2.75, 3.05) is 0 Å². The number of rotatable bonds is 5. The largest absolute Gasteiger partial charge is 0.457 e. The van der Waals surface area contributed by atoms with Crippen LogP contribution in [0.25, 0.3) is 78.6 Å². The van der Waals surface area contributed by atoms with Crippen LogP contribution in [0.3, 0.4) is 0 Å². The van der Waals surface area contributed by atoms with E-state index in [2.05, 4.69) is 113 Å². The van der Waals surface area contributed by atoms with E-state index in [1.165, 1.54) is 16.7 Å². The van der Waals surface area contributed by atoms with Crippen LogP contribution in [0.15, 0.2) is 200 Å². The maximum absolute atomic E-state index is 6.70. The summed E-state index contributed by atoms with van der Waals surface area (Å²) in [5, 5.41) is 0. The van der Waals surface area contributed by atoms with Gasteiger partial charge >= 0.3 is 0 Å². The van der Waals surface area contributed by atoms with Gasteiger partial charge < -0.3 is 4.74 Å². The highest BCUT2D eigenvalue weighted by atomic mass is 16.5. The first kappa shape index (κ1) is 34.0. The van der Waals surface area contributed by atoms with Crippen molar-refractivity contribution in [2.45, 2.75) is 5.41 Å². The molecule has 0 N–H and O–H groups in total. The van der Waals surface area contributed by atoms with Gasteiger partial charge in [0.1, 0.15) is 11.5 Å². The zero-order valence-corrected chi connectivity index (χ0v) is 32.2. The van der Waals surface area contributed by atoms with Gasteiger partial charge in [0.2, 0.25) is 0 Å². The van der Waals surface area contributed by atoms with Gasteiger partial charge in [0.05, 0.1) is 16.4 Å². The van der Waals surface area contributed by atoms with E-state index in [0.29, 0.717) is 17.5 Å². The maximum Gasteiger partial charge on any atom is 0.164 e. The minimum atomic E-state index is -0.693. The molecule has 6 nitrogen and oxygen atoms in total. The fraction of sp³-hybridized carbons (Fsp3) is 0.0185. The Morgan fingerprint density at radius 2 is 0.833 bits per heavy atom. The molecule has 6 heteroatoms. The Labute approximate surface area is 346 Å². The third-order valence-electron chi connectivity index (χ3n) is 11.9. The Bertz CT molecular complexity index is 3180. The van der Waals surface area contributed by atoms with Gasteiger partial charge in [-0.25, -0.2) is 15.0 Å². The van der Waals surface area contributed by atoms with Crippen molar-refractivity contribution >= 4 is 11.0 Å². The van der Waals surface area contributed by atoms with Gasteiger partial charge in [0.25, 0.3) is 0 Å². The van der Waals surface area contributed by atoms with Crippen molar-refractivity contribution < 1.29 is 4.74 Å². The number of aromatic nitrogens is 5. The fourth-order valence-electron chi connectivity index (χ4n) is 9.22. The third kappa shape index (κ3) is 5.24. The second kappa shape index (κ2) is 13.5. The monoisotopic (exact) mass is 767 g/mol. The van der Waals surface area contributed by atoms with Crippen molar-refractivity contribution in [3.8, 4) is 79.0 Å². The summed E-state index contributed by atoms with van der Waals surface area (Å²) < 4.78 is 6.70. The van der Waals surface area contributed by atoms with E-state index in [4.69, 9.17) is 19.7 Å². The van der Waals surface area contributed by atoms with E-state index in [-0.39, 0.29) is 0 Å². The van der Waals surface area contributed by atoms with Gasteiger partial charge in [-0.3, -0.25) is 9.97 Å². The van der Waals surface area contributed by atoms with Crippen molar-refractivity contribution in [1.29, 1.82) is 0 Å². The molecule has 12 rings (SSSR count). The van der Waals surface area contributed by atoms with Crippen LogP contribution in [-0.4, -0.2) is 24.9 Å². The molecule has 0 saturated carbocycles. The molecule has 0 saturated heterocycles. The first-order chi connectivity index (χ1) is 29.7. The number of hydrogen-bond acceptors (Lipinski definition) is 6. The lowest BCUT2D eigenvalue weighted by atomic mass is 9.65. The second-order valence-electron chi connectivity index (χ2n) is 15.2. The van der Waals surface area contributed by atoms with Crippen LogP contribution in [-0.2, 0) is 5.41 Å². The normalized spacial score (nSPS) is 12.9. The van der Waals surface area contributed by atoms with Crippen LogP contribution in [0.5, 0.6) is 11.5 Å². The lowest BCUT2D eigenvalue weighted by Gasteiger charge is -2.39. The zero-order valence-electron chi connectivity index (χ0n) is 32.2. The van der Waals surface area contributed by atoms with Crippen LogP contribution in [0.4, 0.5) is 0 Å². The van der Waals surface area contributed by atoms with E-state index < -0.39 is 5.41 Å². The van der Waals surface area contributed by atoms with Crippen LogP contribution < -0.4 is 4.74 Å². The number of ether oxygens (including phenoxy) is 1. The Morgan fingerprint density at radius 3 is 1.47 bits per heavy atom. The Morgan fingerprint density at radius 1 is 0.333 bits per heavy atom. The summed E-state index contributed by atoms with van der Waals surface area (Å²) in [4.78, 5) is 24.5. The maximum atomic E-state index is 6.70. The summed E-state index contributed by atoms with van der Waals surface area (Å²) in [5.41, 5.74) is 15.2. The molecule has 2 aliphatic rings. The highest BCUT2D eigenvalue weighted by molar-refractivity contribution is 5.93. The molecule has 1 spiro atoms. The van der Waals surface area contributed by atoms with Gasteiger partial charge in [-0.1, -0.05) is 158 Å². The summed E-state index contributed by atoms with van der Waals surface area (Å²) in [6, 6.07) is 65.7. The number of hydrogen-bond donors (Lipinski definition) is 0. The van der Waals surface area contributed by atoms with Gasteiger partial charge in [0, 0.05) is 45.8 Å². The molecule has 2 aromatic heterocycles. The molecule has 8 aromatic carbocycles. The van der Waals surface area contributed by atoms with E-state index >= 15 is 0 Å². The van der Waals surface area contributed by atoms with Gasteiger partial charge in [-0.15, -0.1) is 0 Å². The summed E-state index contributed by atoms with van der Waals surface area (Å²) in [5.74, 6) is 3.55. The number of para-hydroxylation sites is 3. The van der Waals surface area contributed by atoms with E-state index in [1.54, 1.807) is 12.4 Å². The van der Waals surface area contributed by atoms with Crippen LogP contribution >= 0.6 is 0 Å². The molecular weight excluding hydrogens is 735 g/mol. The average Bonchev–Trinajstić information content (AvgIpc) is 3.61. The lowest BCUT2D eigenvalue weighted by Crippen LogP contribution is -2.32. The summed E-state index contributed by atoms with van der Waals surface area (Å²) >= 11 is 0. The predicted molar refractivity (Wildman–Crippen MR) is 237 cm³/mol. The molecule has 0 unspecified atom stereocenters. The van der Waals surface area contributed by atoms with E-state index in [0.717, 1.165) is 78.2 Å². The average molecular weight is 768 g/mol. The molecule has 1 aliphatic carbocycles. The predicted octanol–water partition coefficient (Wildman–Crippen LogP) is 12.6. The first-order valence-electron chi connectivity index (χ1n) is 20.1. The standard InChI is InChI=1S/C54H33N5O/c1-3-12-36(13-4-1)51-57-52(37-14-5-2-6-15-37)59-53(58-51)39-27-29-42-41-28-26-38(34-22-24-35(25-23-34)40-16-11-19-47-50(40)56-31-30-55-47)32-45(41)54(46(42)33-39)43-17-7-9-20-48(43)60-49-21-10-8-18-44(49)54/h1-33H.